The molecule has 1 saturated carbocycles. The van der Waals surface area contributed by atoms with Gasteiger partial charge in [-0.05, 0) is 51.0 Å². The molecule has 1 aliphatic heterocycles. The highest BCUT2D eigenvalue weighted by Crippen LogP contribution is 2.58. The summed E-state index contributed by atoms with van der Waals surface area (Å²) in [6.07, 6.45) is 20.3. The van der Waals surface area contributed by atoms with Gasteiger partial charge in [-0.2, -0.15) is 0 Å². The molecule has 150 valence electrons. The molecule has 4 nitrogen and oxygen atoms in total. The first-order valence-electron chi connectivity index (χ1n) is 9.97. The van der Waals surface area contributed by atoms with Crippen LogP contribution in [0.4, 0.5) is 0 Å². The number of aliphatic carboxylic acids is 1. The molecule has 2 N–H and O–H groups in total. The second kappa shape index (κ2) is 8.46. The van der Waals surface area contributed by atoms with Crippen LogP contribution in [-0.4, -0.2) is 34.0 Å². The number of fused-ring (bicyclic) bond motifs is 3. The number of ether oxygens (including phenoxy) is 1. The molecule has 1 saturated heterocycles. The molecule has 0 amide bonds. The van der Waals surface area contributed by atoms with Crippen LogP contribution in [0.3, 0.4) is 0 Å². The first-order chi connectivity index (χ1) is 13.4. The van der Waals surface area contributed by atoms with Crippen molar-refractivity contribution in [3.8, 4) is 0 Å². The highest BCUT2D eigenvalue weighted by Gasteiger charge is 2.67. The Morgan fingerprint density at radius 3 is 2.54 bits per heavy atom. The molecule has 3 rings (SSSR count). The number of allylic oxidation sites excluding steroid dienone is 9. The summed E-state index contributed by atoms with van der Waals surface area (Å²) in [5, 5.41) is 20.2. The van der Waals surface area contributed by atoms with Gasteiger partial charge in [0, 0.05) is 12.0 Å². The number of carboxylic acids is 1. The quantitative estimate of drug-likeness (QED) is 0.310. The molecule has 0 radical (unpaired) electrons. The Morgan fingerprint density at radius 1 is 1.18 bits per heavy atom. The van der Waals surface area contributed by atoms with Crippen molar-refractivity contribution in [2.45, 2.75) is 51.4 Å². The molecule has 0 aromatic heterocycles. The van der Waals surface area contributed by atoms with Gasteiger partial charge in [-0.1, -0.05) is 60.3 Å². The summed E-state index contributed by atoms with van der Waals surface area (Å²) in [6, 6.07) is 0. The Bertz CT molecular complexity index is 782. The van der Waals surface area contributed by atoms with Gasteiger partial charge in [-0.3, -0.25) is 0 Å². The van der Waals surface area contributed by atoms with Crippen molar-refractivity contribution in [2.24, 2.45) is 17.8 Å². The SMILES string of the molecule is C/C=C(\C)[C@@]1(O)[C@@H](/C=C/C=C/C=C/C=C/C(=O)O)[C@@H]2CC=C(C)C[C@H]2[C@@H]2O[C@@H]21. The summed E-state index contributed by atoms with van der Waals surface area (Å²) < 4.78 is 6.02. The van der Waals surface area contributed by atoms with Crippen LogP contribution in [0.5, 0.6) is 0 Å². The second-order valence-electron chi connectivity index (χ2n) is 8.01. The van der Waals surface area contributed by atoms with Gasteiger partial charge < -0.3 is 14.9 Å². The monoisotopic (exact) mass is 382 g/mol. The Kier molecular flexibility index (Phi) is 6.21. The van der Waals surface area contributed by atoms with Crippen molar-refractivity contribution in [1.82, 2.24) is 0 Å². The summed E-state index contributed by atoms with van der Waals surface area (Å²) in [4.78, 5) is 10.4. The topological polar surface area (TPSA) is 70.1 Å². The van der Waals surface area contributed by atoms with E-state index in [1.165, 1.54) is 11.6 Å². The van der Waals surface area contributed by atoms with Crippen LogP contribution in [0.25, 0.3) is 0 Å². The summed E-state index contributed by atoms with van der Waals surface area (Å²) >= 11 is 0. The Labute approximate surface area is 167 Å². The normalized spacial score (nSPS) is 38.2. The van der Waals surface area contributed by atoms with Crippen LogP contribution in [0.2, 0.25) is 0 Å². The molecular weight excluding hydrogens is 352 g/mol. The largest absolute Gasteiger partial charge is 0.478 e. The van der Waals surface area contributed by atoms with Gasteiger partial charge in [0.2, 0.25) is 0 Å². The van der Waals surface area contributed by atoms with Crippen LogP contribution >= 0.6 is 0 Å². The minimum Gasteiger partial charge on any atom is -0.478 e. The lowest BCUT2D eigenvalue weighted by Gasteiger charge is -2.47. The van der Waals surface area contributed by atoms with Crippen molar-refractivity contribution in [3.63, 3.8) is 0 Å². The van der Waals surface area contributed by atoms with Crippen LogP contribution in [0, 0.1) is 17.8 Å². The number of hydrogen-bond acceptors (Lipinski definition) is 3. The zero-order chi connectivity index (χ0) is 20.3. The lowest BCUT2D eigenvalue weighted by Crippen LogP contribution is -2.54. The van der Waals surface area contributed by atoms with Crippen LogP contribution in [0.1, 0.15) is 33.6 Å². The number of carboxylic acid groups (broad SMARTS) is 1. The van der Waals surface area contributed by atoms with E-state index in [1.807, 2.05) is 38.2 Å². The fraction of sp³-hybridized carbons (Fsp3) is 0.458. The van der Waals surface area contributed by atoms with Gasteiger partial charge in [0.1, 0.15) is 11.7 Å². The molecular formula is C24H30O4. The van der Waals surface area contributed by atoms with Crippen LogP contribution in [0.15, 0.2) is 71.9 Å². The third kappa shape index (κ3) is 3.98. The minimum atomic E-state index is -0.962. The average Bonchev–Trinajstić information content (AvgIpc) is 3.47. The maximum absolute atomic E-state index is 11.7. The fourth-order valence-electron chi connectivity index (χ4n) is 4.80. The number of hydrogen-bond donors (Lipinski definition) is 2. The first-order valence-corrected chi connectivity index (χ1v) is 9.97. The van der Waals surface area contributed by atoms with Crippen molar-refractivity contribution < 1.29 is 19.7 Å². The van der Waals surface area contributed by atoms with Gasteiger partial charge in [-0.25, -0.2) is 4.79 Å². The smallest absolute Gasteiger partial charge is 0.328 e. The maximum atomic E-state index is 11.7. The maximum Gasteiger partial charge on any atom is 0.328 e. The molecule has 0 aromatic carbocycles. The van der Waals surface area contributed by atoms with Gasteiger partial charge in [-0.15, -0.1) is 0 Å². The van der Waals surface area contributed by atoms with Gasteiger partial charge in [0.05, 0.1) is 6.10 Å². The third-order valence-electron chi connectivity index (χ3n) is 6.37. The van der Waals surface area contributed by atoms with E-state index in [1.54, 1.807) is 12.2 Å². The van der Waals surface area contributed by atoms with Crippen molar-refractivity contribution in [3.05, 3.63) is 71.9 Å². The third-order valence-corrected chi connectivity index (χ3v) is 6.37. The van der Waals surface area contributed by atoms with Crippen molar-refractivity contribution in [1.29, 1.82) is 0 Å². The lowest BCUT2D eigenvalue weighted by molar-refractivity contribution is -0.131. The van der Waals surface area contributed by atoms with E-state index >= 15 is 0 Å². The molecule has 0 unspecified atom stereocenters. The molecule has 28 heavy (non-hydrogen) atoms. The van der Waals surface area contributed by atoms with E-state index in [-0.39, 0.29) is 18.1 Å². The predicted octanol–water partition coefficient (Wildman–Crippen LogP) is 4.36. The summed E-state index contributed by atoms with van der Waals surface area (Å²) in [5.74, 6) is -0.121. The lowest BCUT2D eigenvalue weighted by atomic mass is 9.58. The van der Waals surface area contributed by atoms with E-state index in [4.69, 9.17) is 9.84 Å². The van der Waals surface area contributed by atoms with E-state index in [2.05, 4.69) is 19.1 Å². The number of carbonyl (C=O) groups is 1. The van der Waals surface area contributed by atoms with Gasteiger partial charge in [0.25, 0.3) is 0 Å². The van der Waals surface area contributed by atoms with Gasteiger partial charge >= 0.3 is 5.97 Å². The highest BCUT2D eigenvalue weighted by atomic mass is 16.6. The first kappa shape index (κ1) is 20.6. The molecule has 4 heteroatoms. The molecule has 3 aliphatic rings. The Morgan fingerprint density at radius 2 is 1.86 bits per heavy atom. The Hall–Kier alpha value is -2.17. The summed E-state index contributed by atoms with van der Waals surface area (Å²) in [7, 11) is 0. The van der Waals surface area contributed by atoms with Gasteiger partial charge in [0.15, 0.2) is 0 Å². The van der Waals surface area contributed by atoms with E-state index < -0.39 is 11.6 Å². The number of aliphatic hydroxyl groups is 1. The fourth-order valence-corrected chi connectivity index (χ4v) is 4.80. The summed E-state index contributed by atoms with van der Waals surface area (Å²) in [5.41, 5.74) is 1.44. The molecule has 1 heterocycles. The molecule has 2 fully saturated rings. The summed E-state index contributed by atoms with van der Waals surface area (Å²) in [6.45, 7) is 6.15. The highest BCUT2D eigenvalue weighted by molar-refractivity contribution is 5.80. The zero-order valence-corrected chi connectivity index (χ0v) is 16.8. The molecule has 0 aromatic rings. The molecule has 6 atom stereocenters. The van der Waals surface area contributed by atoms with Crippen molar-refractivity contribution in [2.75, 3.05) is 0 Å². The van der Waals surface area contributed by atoms with E-state index in [0.717, 1.165) is 24.5 Å². The molecule has 2 aliphatic carbocycles. The van der Waals surface area contributed by atoms with E-state index in [9.17, 15) is 9.90 Å². The van der Waals surface area contributed by atoms with E-state index in [0.29, 0.717) is 11.8 Å². The Balaban J connectivity index is 1.79. The van der Waals surface area contributed by atoms with Crippen LogP contribution in [-0.2, 0) is 9.53 Å². The minimum absolute atomic E-state index is 0.00216. The number of rotatable bonds is 6. The second-order valence-corrected chi connectivity index (χ2v) is 8.01. The van der Waals surface area contributed by atoms with Crippen LogP contribution < -0.4 is 0 Å². The average molecular weight is 383 g/mol. The molecule has 0 spiro atoms. The van der Waals surface area contributed by atoms with Crippen molar-refractivity contribution >= 4 is 5.97 Å². The number of epoxide rings is 1. The molecule has 0 bridgehead atoms. The standard InChI is InChI=1S/C24H30O4/c1-4-17(3)24(27)20(11-9-7-5-6-8-10-12-21(25)26)18-14-13-16(2)15-19(18)22-23(24)28-22/h4-13,18-20,22-23,27H,14-15H2,1-3H3,(H,25,26)/b7-5+,8-6+,11-9+,12-10+,17-4+/t18-,19-,20+,22+,23+,24-/m1/s1. The zero-order valence-electron chi connectivity index (χ0n) is 16.8. The predicted molar refractivity (Wildman–Crippen MR) is 111 cm³/mol.